The summed E-state index contributed by atoms with van der Waals surface area (Å²) in [6.07, 6.45) is 6.24. The average molecular weight is 501 g/mol. The number of H-pyrrole nitrogens is 1. The second-order valence-corrected chi connectivity index (χ2v) is 10.6. The van der Waals surface area contributed by atoms with Gasteiger partial charge < -0.3 is 19.5 Å². The number of nitrogens with zero attached hydrogens (tertiary/aromatic N) is 7. The molecule has 2 fully saturated rings. The number of aromatic amines is 1. The number of morpholine rings is 1. The number of aromatic nitrogens is 6. The molecule has 6 heterocycles. The summed E-state index contributed by atoms with van der Waals surface area (Å²) in [6.45, 7) is 11.9. The summed E-state index contributed by atoms with van der Waals surface area (Å²) in [5, 5.41) is 6.02. The van der Waals surface area contributed by atoms with Gasteiger partial charge in [-0.1, -0.05) is 0 Å². The first-order valence-corrected chi connectivity index (χ1v) is 13.4. The van der Waals surface area contributed by atoms with Gasteiger partial charge in [0.2, 0.25) is 0 Å². The van der Waals surface area contributed by atoms with Gasteiger partial charge in [-0.05, 0) is 65.3 Å². The van der Waals surface area contributed by atoms with E-state index in [1.54, 1.807) is 0 Å². The van der Waals surface area contributed by atoms with Crippen molar-refractivity contribution in [1.82, 2.24) is 34.6 Å². The minimum absolute atomic E-state index is 0.238. The van der Waals surface area contributed by atoms with Crippen LogP contribution in [0.1, 0.15) is 31.2 Å². The average Bonchev–Trinajstić information content (AvgIpc) is 3.48. The van der Waals surface area contributed by atoms with Gasteiger partial charge in [-0.25, -0.2) is 15.0 Å². The minimum Gasteiger partial charge on any atom is -0.377 e. The number of fused-ring (bicyclic) bond motifs is 1. The topological polar surface area (TPSA) is 88.0 Å². The van der Waals surface area contributed by atoms with E-state index in [0.29, 0.717) is 25.0 Å². The fourth-order valence-electron chi connectivity index (χ4n) is 5.97. The summed E-state index contributed by atoms with van der Waals surface area (Å²) < 4.78 is 7.92. The Hall–Kier alpha value is -3.30. The van der Waals surface area contributed by atoms with E-state index in [-0.39, 0.29) is 6.04 Å². The van der Waals surface area contributed by atoms with Gasteiger partial charge in [-0.2, -0.15) is 5.10 Å². The lowest BCUT2D eigenvalue weighted by Gasteiger charge is -2.34. The van der Waals surface area contributed by atoms with Gasteiger partial charge in [0.05, 0.1) is 30.6 Å². The zero-order valence-corrected chi connectivity index (χ0v) is 22.2. The summed E-state index contributed by atoms with van der Waals surface area (Å²) >= 11 is 0. The summed E-state index contributed by atoms with van der Waals surface area (Å²) in [5.74, 6) is 2.25. The minimum atomic E-state index is 0.238. The van der Waals surface area contributed by atoms with Crippen molar-refractivity contribution in [1.29, 1.82) is 0 Å². The molecule has 37 heavy (non-hydrogen) atoms. The van der Waals surface area contributed by atoms with Crippen molar-refractivity contribution in [3.05, 3.63) is 42.0 Å². The maximum Gasteiger partial charge on any atom is 0.162 e. The van der Waals surface area contributed by atoms with Gasteiger partial charge in [-0.15, -0.1) is 0 Å². The van der Waals surface area contributed by atoms with Crippen LogP contribution in [0.25, 0.3) is 33.7 Å². The predicted molar refractivity (Wildman–Crippen MR) is 146 cm³/mol. The van der Waals surface area contributed by atoms with E-state index in [2.05, 4.69) is 58.3 Å². The van der Waals surface area contributed by atoms with Crippen LogP contribution in [0.2, 0.25) is 0 Å². The Morgan fingerprint density at radius 3 is 2.89 bits per heavy atom. The first kappa shape index (κ1) is 24.1. The SMILES string of the molecule is Cc1nn(CC2CCCN(C)C2)c(C)c1-c1cc(N2CCOC[C@H]2C)nc(-c2ccnc3[nH]ccc23)n1. The van der Waals surface area contributed by atoms with Gasteiger partial charge >= 0.3 is 0 Å². The molecule has 0 radical (unpaired) electrons. The fraction of sp³-hybridized carbons (Fsp3) is 0.500. The van der Waals surface area contributed by atoms with E-state index >= 15 is 0 Å². The predicted octanol–water partition coefficient (Wildman–Crippen LogP) is 4.07. The third-order valence-electron chi connectivity index (χ3n) is 7.87. The Kier molecular flexibility index (Phi) is 6.42. The van der Waals surface area contributed by atoms with Crippen LogP contribution in [0.15, 0.2) is 30.6 Å². The lowest BCUT2D eigenvalue weighted by Crippen LogP contribution is -2.44. The highest BCUT2D eigenvalue weighted by Crippen LogP contribution is 2.33. The number of rotatable bonds is 5. The molecule has 0 aliphatic carbocycles. The number of hydrogen-bond acceptors (Lipinski definition) is 7. The molecule has 4 aromatic heterocycles. The second-order valence-electron chi connectivity index (χ2n) is 10.6. The Labute approximate surface area is 217 Å². The number of hydrogen-bond donors (Lipinski definition) is 1. The number of ether oxygens (including phenoxy) is 1. The molecule has 2 aliphatic heterocycles. The van der Waals surface area contributed by atoms with Crippen molar-refractivity contribution >= 4 is 16.9 Å². The van der Waals surface area contributed by atoms with Crippen molar-refractivity contribution in [2.24, 2.45) is 5.92 Å². The van der Waals surface area contributed by atoms with E-state index in [1.165, 1.54) is 19.4 Å². The summed E-state index contributed by atoms with van der Waals surface area (Å²) in [6, 6.07) is 6.42. The number of anilines is 1. The van der Waals surface area contributed by atoms with Crippen molar-refractivity contribution in [2.75, 3.05) is 44.8 Å². The van der Waals surface area contributed by atoms with E-state index < -0.39 is 0 Å². The van der Waals surface area contributed by atoms with Gasteiger partial charge in [-0.3, -0.25) is 4.68 Å². The van der Waals surface area contributed by atoms with E-state index in [1.807, 2.05) is 24.5 Å². The van der Waals surface area contributed by atoms with Crippen LogP contribution >= 0.6 is 0 Å². The Bertz CT molecular complexity index is 1410. The van der Waals surface area contributed by atoms with Crippen LogP contribution < -0.4 is 4.90 Å². The van der Waals surface area contributed by atoms with Crippen LogP contribution in [0, 0.1) is 19.8 Å². The van der Waals surface area contributed by atoms with E-state index in [0.717, 1.165) is 64.7 Å². The lowest BCUT2D eigenvalue weighted by atomic mass is 9.98. The fourth-order valence-corrected chi connectivity index (χ4v) is 5.97. The van der Waals surface area contributed by atoms with Crippen LogP contribution in [-0.4, -0.2) is 80.6 Å². The normalized spacial score (nSPS) is 21.1. The van der Waals surface area contributed by atoms with E-state index in [9.17, 15) is 0 Å². The molecule has 0 spiro atoms. The van der Waals surface area contributed by atoms with Crippen LogP contribution in [-0.2, 0) is 11.3 Å². The van der Waals surface area contributed by atoms with Gasteiger partial charge in [0.15, 0.2) is 5.82 Å². The smallest absolute Gasteiger partial charge is 0.162 e. The Morgan fingerprint density at radius 1 is 1.16 bits per heavy atom. The van der Waals surface area contributed by atoms with Crippen LogP contribution in [0.4, 0.5) is 5.82 Å². The van der Waals surface area contributed by atoms with Gasteiger partial charge in [0.1, 0.15) is 11.5 Å². The maximum atomic E-state index is 5.72. The molecule has 9 nitrogen and oxygen atoms in total. The number of piperidine rings is 1. The van der Waals surface area contributed by atoms with Crippen LogP contribution in [0.5, 0.6) is 0 Å². The monoisotopic (exact) mass is 500 g/mol. The maximum absolute atomic E-state index is 5.72. The molecule has 0 amide bonds. The Morgan fingerprint density at radius 2 is 2.05 bits per heavy atom. The quantitative estimate of drug-likeness (QED) is 0.442. The zero-order chi connectivity index (χ0) is 25.5. The molecule has 6 rings (SSSR count). The number of likely N-dealkylation sites (tertiary alicyclic amines) is 1. The molecule has 2 aliphatic rings. The highest BCUT2D eigenvalue weighted by Gasteiger charge is 2.25. The summed E-state index contributed by atoms with van der Waals surface area (Å²) in [7, 11) is 2.22. The van der Waals surface area contributed by atoms with Crippen molar-refractivity contribution in [3.8, 4) is 22.6 Å². The molecular formula is C28H36N8O. The largest absolute Gasteiger partial charge is 0.377 e. The van der Waals surface area contributed by atoms with Crippen molar-refractivity contribution in [3.63, 3.8) is 0 Å². The molecule has 0 aromatic carbocycles. The van der Waals surface area contributed by atoms with Crippen molar-refractivity contribution < 1.29 is 4.74 Å². The van der Waals surface area contributed by atoms with Crippen LogP contribution in [0.3, 0.4) is 0 Å². The molecule has 194 valence electrons. The molecule has 9 heteroatoms. The number of pyridine rings is 1. The third-order valence-corrected chi connectivity index (χ3v) is 7.87. The van der Waals surface area contributed by atoms with Gasteiger partial charge in [0, 0.05) is 60.3 Å². The summed E-state index contributed by atoms with van der Waals surface area (Å²) in [5.41, 5.74) is 6.01. The first-order valence-electron chi connectivity index (χ1n) is 13.4. The highest BCUT2D eigenvalue weighted by molar-refractivity contribution is 5.91. The second kappa shape index (κ2) is 9.87. The van der Waals surface area contributed by atoms with E-state index in [4.69, 9.17) is 19.8 Å². The standard InChI is InChI=1S/C28H36N8O/c1-18-17-37-13-12-35(18)25-14-24(31-28(32-25)23-8-10-30-27-22(23)7-9-29-27)26-19(2)33-36(20(26)3)16-21-6-5-11-34(4)15-21/h7-10,14,18,21H,5-6,11-13,15-17H2,1-4H3,(H,29,30)/t18-,21?/m1/s1. The Balaban J connectivity index is 1.45. The molecule has 1 unspecified atom stereocenters. The highest BCUT2D eigenvalue weighted by atomic mass is 16.5. The molecule has 0 bridgehead atoms. The molecule has 0 saturated carbocycles. The summed E-state index contributed by atoms with van der Waals surface area (Å²) in [4.78, 5) is 22.7. The molecule has 2 atom stereocenters. The number of nitrogens with one attached hydrogen (secondary N) is 1. The molecule has 4 aromatic rings. The lowest BCUT2D eigenvalue weighted by molar-refractivity contribution is 0.0985. The first-order chi connectivity index (χ1) is 18.0. The zero-order valence-electron chi connectivity index (χ0n) is 22.2. The molecular weight excluding hydrogens is 464 g/mol. The third kappa shape index (κ3) is 4.62. The van der Waals surface area contributed by atoms with Gasteiger partial charge in [0.25, 0.3) is 0 Å². The van der Waals surface area contributed by atoms with Crippen molar-refractivity contribution in [2.45, 2.75) is 46.2 Å². The molecule has 1 N–H and O–H groups in total. The molecule has 2 saturated heterocycles. The number of aryl methyl sites for hydroxylation is 1.